The molecule has 2 fully saturated rings. The molecule has 2 heterocycles. The van der Waals surface area contributed by atoms with Gasteiger partial charge in [-0.3, -0.25) is 4.79 Å². The number of aromatic carboxylic acids is 1. The predicted octanol–water partition coefficient (Wildman–Crippen LogP) is 2.52. The molecule has 1 aromatic carbocycles. The minimum absolute atomic E-state index is 0.0906. The standard InChI is InChI=1S/C18H23NO4/c20-17(13-6-9-23-10-7-13)19-8-2-5-16(12-19)14-3-1-4-15(11-14)18(21)22/h1,3-4,11,13,16H,2,5-10,12H2,(H,21,22)/t16-/m1/s1. The second-order valence-corrected chi connectivity index (χ2v) is 6.44. The van der Waals surface area contributed by atoms with Gasteiger partial charge in [0.1, 0.15) is 0 Å². The highest BCUT2D eigenvalue weighted by Crippen LogP contribution is 2.29. The van der Waals surface area contributed by atoms with E-state index in [0.717, 1.165) is 37.8 Å². The van der Waals surface area contributed by atoms with Crippen molar-refractivity contribution in [2.45, 2.75) is 31.6 Å². The first kappa shape index (κ1) is 16.0. The van der Waals surface area contributed by atoms with Crippen LogP contribution in [0.2, 0.25) is 0 Å². The van der Waals surface area contributed by atoms with Gasteiger partial charge in [0.25, 0.3) is 0 Å². The summed E-state index contributed by atoms with van der Waals surface area (Å²) in [6.07, 6.45) is 3.60. The van der Waals surface area contributed by atoms with Crippen LogP contribution in [0.5, 0.6) is 0 Å². The number of rotatable bonds is 3. The number of hydrogen-bond donors (Lipinski definition) is 1. The third-order valence-corrected chi connectivity index (χ3v) is 4.91. The number of carbonyl (C=O) groups excluding carboxylic acids is 1. The van der Waals surface area contributed by atoms with Gasteiger partial charge in [-0.25, -0.2) is 4.79 Å². The van der Waals surface area contributed by atoms with Crippen LogP contribution in [0.3, 0.4) is 0 Å². The molecule has 1 aromatic rings. The van der Waals surface area contributed by atoms with Crippen LogP contribution in [0.15, 0.2) is 24.3 Å². The summed E-state index contributed by atoms with van der Waals surface area (Å²) in [4.78, 5) is 25.8. The summed E-state index contributed by atoms with van der Waals surface area (Å²) in [5.41, 5.74) is 1.34. The lowest BCUT2D eigenvalue weighted by Gasteiger charge is -2.36. The van der Waals surface area contributed by atoms with Crippen LogP contribution in [0, 0.1) is 5.92 Å². The van der Waals surface area contributed by atoms with E-state index >= 15 is 0 Å². The van der Waals surface area contributed by atoms with Crippen LogP contribution in [0.4, 0.5) is 0 Å². The molecule has 2 aliphatic rings. The zero-order valence-corrected chi connectivity index (χ0v) is 13.2. The molecule has 3 rings (SSSR count). The fourth-order valence-corrected chi connectivity index (χ4v) is 3.58. The number of hydrogen-bond acceptors (Lipinski definition) is 3. The number of piperidine rings is 1. The minimum atomic E-state index is -0.905. The fourth-order valence-electron chi connectivity index (χ4n) is 3.58. The molecule has 0 saturated carbocycles. The Hall–Kier alpha value is -1.88. The molecule has 2 aliphatic heterocycles. The van der Waals surface area contributed by atoms with Crippen LogP contribution in [-0.2, 0) is 9.53 Å². The van der Waals surface area contributed by atoms with Crippen molar-refractivity contribution in [2.24, 2.45) is 5.92 Å². The number of benzene rings is 1. The minimum Gasteiger partial charge on any atom is -0.478 e. The second kappa shape index (κ2) is 7.13. The van der Waals surface area contributed by atoms with E-state index in [1.165, 1.54) is 0 Å². The van der Waals surface area contributed by atoms with Gasteiger partial charge in [0.05, 0.1) is 5.56 Å². The summed E-state index contributed by atoms with van der Waals surface area (Å²) < 4.78 is 5.34. The van der Waals surface area contributed by atoms with Crippen molar-refractivity contribution in [1.29, 1.82) is 0 Å². The molecule has 1 N–H and O–H groups in total. The Kier molecular flexibility index (Phi) is 4.96. The maximum Gasteiger partial charge on any atom is 0.335 e. The van der Waals surface area contributed by atoms with Gasteiger partial charge in [0, 0.05) is 38.1 Å². The third-order valence-electron chi connectivity index (χ3n) is 4.91. The molecule has 0 spiro atoms. The smallest absolute Gasteiger partial charge is 0.335 e. The molecule has 0 aliphatic carbocycles. The van der Waals surface area contributed by atoms with E-state index in [1.807, 2.05) is 11.0 Å². The predicted molar refractivity (Wildman–Crippen MR) is 85.5 cm³/mol. The van der Waals surface area contributed by atoms with E-state index in [1.54, 1.807) is 18.2 Å². The molecule has 0 radical (unpaired) electrons. The zero-order chi connectivity index (χ0) is 16.2. The van der Waals surface area contributed by atoms with Crippen LogP contribution >= 0.6 is 0 Å². The summed E-state index contributed by atoms with van der Waals surface area (Å²) in [7, 11) is 0. The Morgan fingerprint density at radius 3 is 2.70 bits per heavy atom. The monoisotopic (exact) mass is 317 g/mol. The molecule has 0 aromatic heterocycles. The molecular weight excluding hydrogens is 294 g/mol. The van der Waals surface area contributed by atoms with Crippen molar-refractivity contribution in [3.63, 3.8) is 0 Å². The van der Waals surface area contributed by atoms with Crippen molar-refractivity contribution in [1.82, 2.24) is 4.90 Å². The third kappa shape index (κ3) is 3.72. The molecule has 0 bridgehead atoms. The molecule has 23 heavy (non-hydrogen) atoms. The number of amides is 1. The average molecular weight is 317 g/mol. The topological polar surface area (TPSA) is 66.8 Å². The van der Waals surface area contributed by atoms with Crippen molar-refractivity contribution < 1.29 is 19.4 Å². The summed E-state index contributed by atoms with van der Waals surface area (Å²) in [6, 6.07) is 7.12. The zero-order valence-electron chi connectivity index (χ0n) is 13.2. The number of carboxylic acid groups (broad SMARTS) is 1. The van der Waals surface area contributed by atoms with Crippen LogP contribution in [0.25, 0.3) is 0 Å². The quantitative estimate of drug-likeness (QED) is 0.930. The Morgan fingerprint density at radius 1 is 1.17 bits per heavy atom. The first-order chi connectivity index (χ1) is 11.1. The van der Waals surface area contributed by atoms with E-state index in [0.29, 0.717) is 25.3 Å². The lowest BCUT2D eigenvalue weighted by Crippen LogP contribution is -2.43. The van der Waals surface area contributed by atoms with Crippen LogP contribution < -0.4 is 0 Å². The number of carboxylic acids is 1. The van der Waals surface area contributed by atoms with E-state index in [4.69, 9.17) is 9.84 Å². The van der Waals surface area contributed by atoms with Gasteiger partial charge in [-0.05, 0) is 43.4 Å². The fraction of sp³-hybridized carbons (Fsp3) is 0.556. The maximum absolute atomic E-state index is 12.7. The van der Waals surface area contributed by atoms with Crippen molar-refractivity contribution >= 4 is 11.9 Å². The summed E-state index contributed by atoms with van der Waals surface area (Å²) in [5, 5.41) is 9.14. The van der Waals surface area contributed by atoms with Crippen molar-refractivity contribution in [3.05, 3.63) is 35.4 Å². The summed E-state index contributed by atoms with van der Waals surface area (Å²) in [5.74, 6) is -0.343. The Balaban J connectivity index is 1.69. The maximum atomic E-state index is 12.7. The summed E-state index contributed by atoms with van der Waals surface area (Å²) >= 11 is 0. The van der Waals surface area contributed by atoms with Gasteiger partial charge in [-0.1, -0.05) is 12.1 Å². The number of nitrogens with zero attached hydrogens (tertiary/aromatic N) is 1. The molecule has 1 amide bonds. The highest BCUT2D eigenvalue weighted by atomic mass is 16.5. The number of carbonyl (C=O) groups is 2. The largest absolute Gasteiger partial charge is 0.478 e. The molecule has 1 atom stereocenters. The molecule has 2 saturated heterocycles. The lowest BCUT2D eigenvalue weighted by molar-refractivity contribution is -0.139. The van der Waals surface area contributed by atoms with Gasteiger partial charge in [0.2, 0.25) is 5.91 Å². The molecule has 124 valence electrons. The average Bonchev–Trinajstić information content (AvgIpc) is 2.62. The lowest BCUT2D eigenvalue weighted by atomic mass is 9.88. The highest BCUT2D eigenvalue weighted by molar-refractivity contribution is 5.87. The van der Waals surface area contributed by atoms with E-state index < -0.39 is 5.97 Å². The molecule has 5 heteroatoms. The Bertz CT molecular complexity index is 580. The van der Waals surface area contributed by atoms with Crippen LogP contribution in [-0.4, -0.2) is 48.2 Å². The van der Waals surface area contributed by atoms with Gasteiger partial charge < -0.3 is 14.7 Å². The van der Waals surface area contributed by atoms with E-state index in [-0.39, 0.29) is 17.7 Å². The Labute approximate surface area is 136 Å². The highest BCUT2D eigenvalue weighted by Gasteiger charge is 2.30. The molecular formula is C18H23NO4. The van der Waals surface area contributed by atoms with Gasteiger partial charge in [0.15, 0.2) is 0 Å². The van der Waals surface area contributed by atoms with Crippen molar-refractivity contribution in [3.8, 4) is 0 Å². The Morgan fingerprint density at radius 2 is 1.96 bits per heavy atom. The van der Waals surface area contributed by atoms with Gasteiger partial charge in [-0.2, -0.15) is 0 Å². The van der Waals surface area contributed by atoms with E-state index in [9.17, 15) is 9.59 Å². The second-order valence-electron chi connectivity index (χ2n) is 6.44. The number of ether oxygens (including phenoxy) is 1. The molecule has 5 nitrogen and oxygen atoms in total. The molecule has 0 unspecified atom stereocenters. The van der Waals surface area contributed by atoms with E-state index in [2.05, 4.69) is 0 Å². The van der Waals surface area contributed by atoms with Crippen molar-refractivity contribution in [2.75, 3.05) is 26.3 Å². The summed E-state index contributed by atoms with van der Waals surface area (Å²) in [6.45, 7) is 2.85. The van der Waals surface area contributed by atoms with Gasteiger partial charge in [-0.15, -0.1) is 0 Å². The van der Waals surface area contributed by atoms with Gasteiger partial charge >= 0.3 is 5.97 Å². The first-order valence-electron chi connectivity index (χ1n) is 8.35. The number of likely N-dealkylation sites (tertiary alicyclic amines) is 1. The van der Waals surface area contributed by atoms with Crippen LogP contribution in [0.1, 0.15) is 47.5 Å². The normalized spacial score (nSPS) is 22.8. The SMILES string of the molecule is O=C(O)c1cccc([C@@H]2CCCN(C(=O)C3CCOCC3)C2)c1. The first-order valence-corrected chi connectivity index (χ1v) is 8.35.